The Kier molecular flexibility index (Phi) is 2.18. The Labute approximate surface area is 64.2 Å². The molecule has 58 valence electrons. The van der Waals surface area contributed by atoms with Gasteiger partial charge in [0.05, 0.1) is 5.69 Å². The quantitative estimate of drug-likeness (QED) is 0.605. The molecule has 0 aliphatic rings. The highest BCUT2D eigenvalue weighted by Gasteiger charge is 1.99. The zero-order valence-electron chi connectivity index (χ0n) is 5.95. The average Bonchev–Trinajstić information content (AvgIpc) is 2.05. The van der Waals surface area contributed by atoms with Crippen LogP contribution < -0.4 is 11.5 Å². The molecule has 0 atom stereocenters. The molecule has 0 bridgehead atoms. The van der Waals surface area contributed by atoms with Crippen LogP contribution >= 0.6 is 0 Å². The van der Waals surface area contributed by atoms with Gasteiger partial charge in [0.25, 0.3) is 0 Å². The summed E-state index contributed by atoms with van der Waals surface area (Å²) in [6.07, 6.45) is 1.52. The van der Waals surface area contributed by atoms with Gasteiger partial charge in [-0.1, -0.05) is 0 Å². The minimum atomic E-state index is -0.456. The molecule has 0 aliphatic heterocycles. The van der Waals surface area contributed by atoms with E-state index in [1.54, 1.807) is 12.1 Å². The Morgan fingerprint density at radius 2 is 2.36 bits per heavy atom. The molecule has 1 amide bonds. The van der Waals surface area contributed by atoms with Crippen LogP contribution in [0.2, 0.25) is 0 Å². The molecule has 1 heterocycles. The summed E-state index contributed by atoms with van der Waals surface area (Å²) in [7, 11) is 0. The molecular formula is C7H9N3O. The zero-order chi connectivity index (χ0) is 8.27. The predicted octanol–water partition coefficient (Wildman–Crippen LogP) is -0.361. The van der Waals surface area contributed by atoms with E-state index in [1.165, 1.54) is 6.20 Å². The summed E-state index contributed by atoms with van der Waals surface area (Å²) in [5.74, 6) is -0.456. The molecule has 11 heavy (non-hydrogen) atoms. The molecule has 4 N–H and O–H groups in total. The summed E-state index contributed by atoms with van der Waals surface area (Å²) in [4.78, 5) is 14.5. The third-order valence-corrected chi connectivity index (χ3v) is 1.31. The van der Waals surface area contributed by atoms with E-state index >= 15 is 0 Å². The first-order valence-electron chi connectivity index (χ1n) is 3.19. The highest BCUT2D eigenvalue weighted by molar-refractivity contribution is 5.92. The van der Waals surface area contributed by atoms with Crippen molar-refractivity contribution in [1.29, 1.82) is 0 Å². The molecule has 4 heteroatoms. The fraction of sp³-hybridized carbons (Fsp3) is 0.143. The number of hydrogen-bond donors (Lipinski definition) is 2. The Morgan fingerprint density at radius 3 is 2.91 bits per heavy atom. The maximum absolute atomic E-state index is 10.6. The third kappa shape index (κ3) is 1.75. The number of carbonyl (C=O) groups is 1. The largest absolute Gasteiger partial charge is 0.366 e. The smallest absolute Gasteiger partial charge is 0.248 e. The van der Waals surface area contributed by atoms with Crippen LogP contribution in [0.5, 0.6) is 0 Å². The minimum Gasteiger partial charge on any atom is -0.366 e. The molecule has 1 rings (SSSR count). The van der Waals surface area contributed by atoms with Crippen LogP contribution in [0.25, 0.3) is 0 Å². The molecule has 0 radical (unpaired) electrons. The van der Waals surface area contributed by atoms with E-state index in [0.717, 1.165) is 0 Å². The van der Waals surface area contributed by atoms with E-state index in [0.29, 0.717) is 17.8 Å². The molecule has 0 aliphatic carbocycles. The Morgan fingerprint density at radius 1 is 1.64 bits per heavy atom. The topological polar surface area (TPSA) is 82.0 Å². The molecule has 0 saturated heterocycles. The van der Waals surface area contributed by atoms with Crippen LogP contribution in [0.1, 0.15) is 16.1 Å². The van der Waals surface area contributed by atoms with Crippen molar-refractivity contribution >= 4 is 5.91 Å². The first-order chi connectivity index (χ1) is 5.24. The number of rotatable bonds is 2. The predicted molar refractivity (Wildman–Crippen MR) is 40.6 cm³/mol. The molecule has 0 saturated carbocycles. The van der Waals surface area contributed by atoms with Crippen LogP contribution in [0.15, 0.2) is 18.3 Å². The first kappa shape index (κ1) is 7.68. The molecular weight excluding hydrogens is 142 g/mol. The van der Waals surface area contributed by atoms with Crippen LogP contribution in [-0.4, -0.2) is 10.9 Å². The second-order valence-electron chi connectivity index (χ2n) is 2.10. The van der Waals surface area contributed by atoms with Crippen LogP contribution in [0, 0.1) is 0 Å². The van der Waals surface area contributed by atoms with Crippen molar-refractivity contribution in [2.75, 3.05) is 0 Å². The van der Waals surface area contributed by atoms with Gasteiger partial charge in [0, 0.05) is 18.3 Å². The van der Waals surface area contributed by atoms with E-state index in [2.05, 4.69) is 4.98 Å². The van der Waals surface area contributed by atoms with Crippen LogP contribution in [0.4, 0.5) is 0 Å². The van der Waals surface area contributed by atoms with Crippen molar-refractivity contribution in [1.82, 2.24) is 4.98 Å². The lowest BCUT2D eigenvalue weighted by Gasteiger charge is -1.97. The molecule has 1 aromatic heterocycles. The van der Waals surface area contributed by atoms with Crippen molar-refractivity contribution in [2.24, 2.45) is 11.5 Å². The lowest BCUT2D eigenvalue weighted by molar-refractivity contribution is 0.1000. The van der Waals surface area contributed by atoms with Crippen molar-refractivity contribution in [3.05, 3.63) is 29.6 Å². The molecule has 4 nitrogen and oxygen atoms in total. The minimum absolute atomic E-state index is 0.321. The number of pyridine rings is 1. The van der Waals surface area contributed by atoms with E-state index in [1.807, 2.05) is 0 Å². The van der Waals surface area contributed by atoms with Gasteiger partial charge in [0.1, 0.15) is 0 Å². The van der Waals surface area contributed by atoms with Crippen molar-refractivity contribution in [2.45, 2.75) is 6.54 Å². The Hall–Kier alpha value is -1.42. The summed E-state index contributed by atoms with van der Waals surface area (Å²) in [6, 6.07) is 3.14. The van der Waals surface area contributed by atoms with Crippen LogP contribution in [0.3, 0.4) is 0 Å². The lowest BCUT2D eigenvalue weighted by atomic mass is 10.2. The summed E-state index contributed by atoms with van der Waals surface area (Å²) in [6.45, 7) is 0.321. The Balaban J connectivity index is 3.01. The average molecular weight is 151 g/mol. The molecule has 0 spiro atoms. The number of amides is 1. The zero-order valence-corrected chi connectivity index (χ0v) is 5.95. The van der Waals surface area contributed by atoms with Gasteiger partial charge in [0.2, 0.25) is 5.91 Å². The number of aromatic nitrogens is 1. The molecule has 0 aromatic carbocycles. The standard InChI is InChI=1S/C7H9N3O/c8-4-6-3-5(7(9)11)1-2-10-6/h1-3H,4,8H2,(H2,9,11). The van der Waals surface area contributed by atoms with Gasteiger partial charge in [0.15, 0.2) is 0 Å². The van der Waals surface area contributed by atoms with Crippen molar-refractivity contribution in [3.63, 3.8) is 0 Å². The summed E-state index contributed by atoms with van der Waals surface area (Å²) >= 11 is 0. The van der Waals surface area contributed by atoms with E-state index in [-0.39, 0.29) is 0 Å². The van der Waals surface area contributed by atoms with Gasteiger partial charge >= 0.3 is 0 Å². The van der Waals surface area contributed by atoms with Gasteiger partial charge in [-0.2, -0.15) is 0 Å². The maximum atomic E-state index is 10.6. The van der Waals surface area contributed by atoms with Crippen LogP contribution in [-0.2, 0) is 6.54 Å². The van der Waals surface area contributed by atoms with E-state index in [9.17, 15) is 4.79 Å². The fourth-order valence-corrected chi connectivity index (χ4v) is 0.743. The summed E-state index contributed by atoms with van der Waals surface area (Å²) < 4.78 is 0. The number of nitrogens with zero attached hydrogens (tertiary/aromatic N) is 1. The normalized spacial score (nSPS) is 9.55. The molecule has 0 unspecified atom stereocenters. The maximum Gasteiger partial charge on any atom is 0.248 e. The summed E-state index contributed by atoms with van der Waals surface area (Å²) in [5.41, 5.74) is 11.4. The second kappa shape index (κ2) is 3.12. The third-order valence-electron chi connectivity index (χ3n) is 1.31. The van der Waals surface area contributed by atoms with Gasteiger partial charge in [-0.05, 0) is 12.1 Å². The molecule has 0 fully saturated rings. The summed E-state index contributed by atoms with van der Waals surface area (Å²) in [5, 5.41) is 0. The van der Waals surface area contributed by atoms with E-state index in [4.69, 9.17) is 11.5 Å². The highest BCUT2D eigenvalue weighted by Crippen LogP contribution is 1.99. The van der Waals surface area contributed by atoms with Crippen molar-refractivity contribution < 1.29 is 4.79 Å². The SMILES string of the molecule is NCc1cc(C(N)=O)ccn1. The van der Waals surface area contributed by atoms with Crippen molar-refractivity contribution in [3.8, 4) is 0 Å². The van der Waals surface area contributed by atoms with Gasteiger partial charge in [-0.25, -0.2) is 0 Å². The highest BCUT2D eigenvalue weighted by atomic mass is 16.1. The Bertz CT molecular complexity index is 272. The number of nitrogens with two attached hydrogens (primary N) is 2. The monoisotopic (exact) mass is 151 g/mol. The number of primary amides is 1. The number of carbonyl (C=O) groups excluding carboxylic acids is 1. The van der Waals surface area contributed by atoms with Gasteiger partial charge in [-0.15, -0.1) is 0 Å². The van der Waals surface area contributed by atoms with Gasteiger partial charge < -0.3 is 11.5 Å². The number of hydrogen-bond acceptors (Lipinski definition) is 3. The van der Waals surface area contributed by atoms with E-state index < -0.39 is 5.91 Å². The second-order valence-corrected chi connectivity index (χ2v) is 2.10. The first-order valence-corrected chi connectivity index (χ1v) is 3.19. The van der Waals surface area contributed by atoms with Gasteiger partial charge in [-0.3, -0.25) is 9.78 Å². The molecule has 1 aromatic rings. The lowest BCUT2D eigenvalue weighted by Crippen LogP contribution is -2.12. The fourth-order valence-electron chi connectivity index (χ4n) is 0.743.